The predicted octanol–water partition coefficient (Wildman–Crippen LogP) is 4.71. The van der Waals surface area contributed by atoms with Gasteiger partial charge in [0.05, 0.1) is 12.3 Å². The van der Waals surface area contributed by atoms with Crippen molar-refractivity contribution in [2.24, 2.45) is 11.3 Å². The van der Waals surface area contributed by atoms with E-state index in [1.165, 1.54) is 19.3 Å². The Morgan fingerprint density at radius 2 is 2.05 bits per heavy atom. The number of ether oxygens (including phenoxy) is 1. The smallest absolute Gasteiger partial charge is 0.142 e. The first-order chi connectivity index (χ1) is 8.99. The van der Waals surface area contributed by atoms with Crippen LogP contribution in [0.2, 0.25) is 0 Å². The summed E-state index contributed by atoms with van der Waals surface area (Å²) in [5.41, 5.74) is 1.52. The van der Waals surface area contributed by atoms with Crippen molar-refractivity contribution in [3.05, 3.63) is 24.3 Å². The lowest BCUT2D eigenvalue weighted by atomic mass is 9.87. The second-order valence-electron chi connectivity index (χ2n) is 6.78. The van der Waals surface area contributed by atoms with Gasteiger partial charge in [0.25, 0.3) is 0 Å². The lowest BCUT2D eigenvalue weighted by Crippen LogP contribution is -2.31. The Balaban J connectivity index is 2.07. The maximum atomic E-state index is 5.91. The first-order valence-electron chi connectivity index (χ1n) is 7.47. The van der Waals surface area contributed by atoms with Crippen molar-refractivity contribution in [3.63, 3.8) is 0 Å². The van der Waals surface area contributed by atoms with E-state index in [1.54, 1.807) is 0 Å². The fourth-order valence-electron chi connectivity index (χ4n) is 2.75. The number of para-hydroxylation sites is 2. The SMILES string of the molecule is CC(C)COc1ccccc1NC1CCCC1(C)C. The molecule has 0 aliphatic heterocycles. The topological polar surface area (TPSA) is 21.3 Å². The Morgan fingerprint density at radius 1 is 1.32 bits per heavy atom. The summed E-state index contributed by atoms with van der Waals surface area (Å²) in [5, 5.41) is 3.70. The normalized spacial score (nSPS) is 21.6. The molecule has 1 saturated carbocycles. The highest BCUT2D eigenvalue weighted by molar-refractivity contribution is 5.57. The van der Waals surface area contributed by atoms with Gasteiger partial charge in [0.2, 0.25) is 0 Å². The molecule has 1 aliphatic rings. The van der Waals surface area contributed by atoms with Gasteiger partial charge in [-0.05, 0) is 36.3 Å². The molecule has 1 aliphatic carbocycles. The van der Waals surface area contributed by atoms with Crippen molar-refractivity contribution in [3.8, 4) is 5.75 Å². The number of anilines is 1. The van der Waals surface area contributed by atoms with Crippen LogP contribution in [-0.2, 0) is 0 Å². The molecule has 0 spiro atoms. The Bertz CT molecular complexity index is 411. The molecule has 19 heavy (non-hydrogen) atoms. The zero-order valence-corrected chi connectivity index (χ0v) is 12.7. The van der Waals surface area contributed by atoms with Crippen molar-refractivity contribution in [1.82, 2.24) is 0 Å². The van der Waals surface area contributed by atoms with Gasteiger partial charge in [0, 0.05) is 6.04 Å². The summed E-state index contributed by atoms with van der Waals surface area (Å²) in [6.07, 6.45) is 3.88. The molecule has 106 valence electrons. The Kier molecular flexibility index (Phi) is 4.38. The highest BCUT2D eigenvalue weighted by Crippen LogP contribution is 2.40. The Morgan fingerprint density at radius 3 is 2.68 bits per heavy atom. The number of benzene rings is 1. The average Bonchev–Trinajstić information content (AvgIpc) is 2.68. The minimum Gasteiger partial charge on any atom is -0.491 e. The van der Waals surface area contributed by atoms with E-state index in [2.05, 4.69) is 51.2 Å². The van der Waals surface area contributed by atoms with Crippen molar-refractivity contribution in [2.75, 3.05) is 11.9 Å². The third-order valence-corrected chi connectivity index (χ3v) is 4.05. The third-order valence-electron chi connectivity index (χ3n) is 4.05. The van der Waals surface area contributed by atoms with Gasteiger partial charge < -0.3 is 10.1 Å². The van der Waals surface area contributed by atoms with Crippen molar-refractivity contribution in [2.45, 2.75) is 53.0 Å². The van der Waals surface area contributed by atoms with Crippen LogP contribution in [0.1, 0.15) is 47.0 Å². The summed E-state index contributed by atoms with van der Waals surface area (Å²) < 4.78 is 5.91. The van der Waals surface area contributed by atoms with Crippen LogP contribution in [0.3, 0.4) is 0 Å². The summed E-state index contributed by atoms with van der Waals surface area (Å²) in [6.45, 7) is 9.84. The van der Waals surface area contributed by atoms with Crippen LogP contribution in [-0.4, -0.2) is 12.6 Å². The summed E-state index contributed by atoms with van der Waals surface area (Å²) in [6, 6.07) is 8.86. The standard InChI is InChI=1S/C17H27NO/c1-13(2)12-19-15-9-6-5-8-14(15)18-16-10-7-11-17(16,3)4/h5-6,8-9,13,16,18H,7,10-12H2,1-4H3. The summed E-state index contributed by atoms with van der Waals surface area (Å²) in [4.78, 5) is 0. The van der Waals surface area contributed by atoms with Gasteiger partial charge in [-0.15, -0.1) is 0 Å². The maximum Gasteiger partial charge on any atom is 0.142 e. The predicted molar refractivity (Wildman–Crippen MR) is 81.8 cm³/mol. The first-order valence-corrected chi connectivity index (χ1v) is 7.47. The Hall–Kier alpha value is -1.18. The monoisotopic (exact) mass is 261 g/mol. The molecule has 0 saturated heterocycles. The van der Waals surface area contributed by atoms with Gasteiger partial charge in [-0.2, -0.15) is 0 Å². The van der Waals surface area contributed by atoms with Gasteiger partial charge in [0.15, 0.2) is 0 Å². The van der Waals surface area contributed by atoms with E-state index in [9.17, 15) is 0 Å². The maximum absolute atomic E-state index is 5.91. The van der Waals surface area contributed by atoms with Crippen LogP contribution in [0.25, 0.3) is 0 Å². The molecule has 1 fully saturated rings. The molecule has 0 bridgehead atoms. The van der Waals surface area contributed by atoms with E-state index in [1.807, 2.05) is 6.07 Å². The van der Waals surface area contributed by atoms with Gasteiger partial charge >= 0.3 is 0 Å². The van der Waals surface area contributed by atoms with E-state index in [0.29, 0.717) is 17.4 Å². The molecule has 1 unspecified atom stereocenters. The molecule has 2 nitrogen and oxygen atoms in total. The molecule has 1 N–H and O–H groups in total. The van der Waals surface area contributed by atoms with Crippen LogP contribution < -0.4 is 10.1 Å². The Labute approximate surface area is 117 Å². The van der Waals surface area contributed by atoms with Gasteiger partial charge in [-0.25, -0.2) is 0 Å². The number of rotatable bonds is 5. The van der Waals surface area contributed by atoms with Crippen molar-refractivity contribution >= 4 is 5.69 Å². The fourth-order valence-corrected chi connectivity index (χ4v) is 2.75. The molecule has 0 radical (unpaired) electrons. The van der Waals surface area contributed by atoms with Gasteiger partial charge in [-0.1, -0.05) is 46.2 Å². The number of hydrogen-bond donors (Lipinski definition) is 1. The van der Waals surface area contributed by atoms with Crippen LogP contribution in [0.4, 0.5) is 5.69 Å². The van der Waals surface area contributed by atoms with E-state index >= 15 is 0 Å². The molecule has 1 aromatic carbocycles. The fraction of sp³-hybridized carbons (Fsp3) is 0.647. The van der Waals surface area contributed by atoms with Crippen LogP contribution in [0, 0.1) is 11.3 Å². The van der Waals surface area contributed by atoms with Crippen molar-refractivity contribution < 1.29 is 4.74 Å². The highest BCUT2D eigenvalue weighted by Gasteiger charge is 2.34. The molecule has 2 heteroatoms. The van der Waals surface area contributed by atoms with E-state index in [4.69, 9.17) is 4.74 Å². The lowest BCUT2D eigenvalue weighted by Gasteiger charge is -2.29. The second-order valence-corrected chi connectivity index (χ2v) is 6.78. The second kappa shape index (κ2) is 5.85. The van der Waals surface area contributed by atoms with Gasteiger partial charge in [0.1, 0.15) is 5.75 Å². The van der Waals surface area contributed by atoms with Crippen molar-refractivity contribution in [1.29, 1.82) is 0 Å². The average molecular weight is 261 g/mol. The number of nitrogens with one attached hydrogen (secondary N) is 1. The summed E-state index contributed by atoms with van der Waals surface area (Å²) >= 11 is 0. The molecule has 1 aromatic rings. The molecule has 1 atom stereocenters. The van der Waals surface area contributed by atoms with Crippen LogP contribution in [0.15, 0.2) is 24.3 Å². The van der Waals surface area contributed by atoms with Crippen LogP contribution in [0.5, 0.6) is 5.75 Å². The van der Waals surface area contributed by atoms with E-state index < -0.39 is 0 Å². The summed E-state index contributed by atoms with van der Waals surface area (Å²) in [5.74, 6) is 1.54. The van der Waals surface area contributed by atoms with Gasteiger partial charge in [-0.3, -0.25) is 0 Å². The number of hydrogen-bond acceptors (Lipinski definition) is 2. The quantitative estimate of drug-likeness (QED) is 0.828. The molecule has 0 amide bonds. The third kappa shape index (κ3) is 3.65. The van der Waals surface area contributed by atoms with E-state index in [0.717, 1.165) is 18.0 Å². The van der Waals surface area contributed by atoms with E-state index in [-0.39, 0.29) is 0 Å². The first kappa shape index (κ1) is 14.2. The molecule has 2 rings (SSSR count). The van der Waals surface area contributed by atoms with Crippen LogP contribution >= 0.6 is 0 Å². The molecular weight excluding hydrogens is 234 g/mol. The minimum atomic E-state index is 0.380. The lowest BCUT2D eigenvalue weighted by molar-refractivity contribution is 0.271. The highest BCUT2D eigenvalue weighted by atomic mass is 16.5. The summed E-state index contributed by atoms with van der Waals surface area (Å²) in [7, 11) is 0. The molecule has 0 heterocycles. The molecular formula is C17H27NO. The largest absolute Gasteiger partial charge is 0.491 e. The minimum absolute atomic E-state index is 0.380. The zero-order valence-electron chi connectivity index (χ0n) is 12.7. The zero-order chi connectivity index (χ0) is 13.9. The molecule has 0 aromatic heterocycles.